The van der Waals surface area contributed by atoms with E-state index in [0.717, 1.165) is 44.8 Å². The summed E-state index contributed by atoms with van der Waals surface area (Å²) in [4.78, 5) is 32.2. The molecule has 0 radical (unpaired) electrons. The highest BCUT2D eigenvalue weighted by molar-refractivity contribution is 5.94. The van der Waals surface area contributed by atoms with Crippen molar-refractivity contribution >= 4 is 17.5 Å². The van der Waals surface area contributed by atoms with Crippen LogP contribution in [0.4, 0.5) is 5.69 Å². The fourth-order valence-electron chi connectivity index (χ4n) is 4.36. The molecule has 4 rings (SSSR count). The van der Waals surface area contributed by atoms with Crippen LogP contribution in [0.1, 0.15) is 23.2 Å². The topological polar surface area (TPSA) is 53.1 Å². The van der Waals surface area contributed by atoms with Gasteiger partial charge in [-0.15, -0.1) is 0 Å². The monoisotopic (exact) mass is 407 g/mol. The Morgan fingerprint density at radius 3 is 2.23 bits per heavy atom. The summed E-state index contributed by atoms with van der Waals surface area (Å²) in [6.45, 7) is 4.36. The molecule has 0 unspecified atom stereocenters. The number of amides is 2. The molecule has 2 saturated heterocycles. The molecular weight excluding hydrogens is 378 g/mol. The van der Waals surface area contributed by atoms with Crippen LogP contribution in [0.5, 0.6) is 5.75 Å². The van der Waals surface area contributed by atoms with Crippen LogP contribution in [0.3, 0.4) is 0 Å². The number of likely N-dealkylation sites (tertiary alicyclic amines) is 1. The molecule has 30 heavy (non-hydrogen) atoms. The second-order valence-electron chi connectivity index (χ2n) is 7.97. The number of carbonyl (C=O) groups is 2. The number of piperazine rings is 1. The highest BCUT2D eigenvalue weighted by Gasteiger charge is 2.32. The number of hydrogen-bond donors (Lipinski definition) is 0. The van der Waals surface area contributed by atoms with Gasteiger partial charge in [-0.1, -0.05) is 18.2 Å². The van der Waals surface area contributed by atoms with Crippen molar-refractivity contribution in [3.63, 3.8) is 0 Å². The molecule has 0 aromatic heterocycles. The third kappa shape index (κ3) is 4.42. The quantitative estimate of drug-likeness (QED) is 0.782. The Labute approximate surface area is 178 Å². The van der Waals surface area contributed by atoms with Crippen molar-refractivity contribution in [3.8, 4) is 5.75 Å². The van der Waals surface area contributed by atoms with Crippen molar-refractivity contribution in [2.24, 2.45) is 5.92 Å². The molecule has 6 nitrogen and oxygen atoms in total. The Hall–Kier alpha value is -3.02. The molecule has 2 aromatic carbocycles. The van der Waals surface area contributed by atoms with Gasteiger partial charge in [-0.25, -0.2) is 0 Å². The number of nitrogens with zero attached hydrogens (tertiary/aromatic N) is 3. The van der Waals surface area contributed by atoms with Crippen molar-refractivity contribution in [3.05, 3.63) is 60.2 Å². The molecule has 158 valence electrons. The van der Waals surface area contributed by atoms with Crippen LogP contribution in [0.25, 0.3) is 0 Å². The Bertz CT molecular complexity index is 861. The largest absolute Gasteiger partial charge is 0.497 e. The maximum absolute atomic E-state index is 13.1. The maximum atomic E-state index is 13.1. The van der Waals surface area contributed by atoms with Crippen LogP contribution < -0.4 is 9.64 Å². The minimum absolute atomic E-state index is 0.0101. The SMILES string of the molecule is COc1ccc(C(=O)N2CCC[C@H](C(=O)N3CCN(c4ccccc4)CC3)C2)cc1. The van der Waals surface area contributed by atoms with E-state index in [9.17, 15) is 9.59 Å². The standard InChI is InChI=1S/C24H29N3O3/c1-30-22-11-9-19(10-12-22)23(28)27-13-5-6-20(18-27)24(29)26-16-14-25(15-17-26)21-7-3-2-4-8-21/h2-4,7-12,20H,5-6,13-18H2,1H3/t20-/m0/s1. The lowest BCUT2D eigenvalue weighted by molar-refractivity contribution is -0.137. The molecule has 6 heteroatoms. The number of rotatable bonds is 4. The van der Waals surface area contributed by atoms with Crippen LogP contribution in [-0.4, -0.2) is 68.0 Å². The Morgan fingerprint density at radius 1 is 0.867 bits per heavy atom. The second-order valence-corrected chi connectivity index (χ2v) is 7.97. The van der Waals surface area contributed by atoms with E-state index >= 15 is 0 Å². The van der Waals surface area contributed by atoms with Gasteiger partial charge in [0.05, 0.1) is 13.0 Å². The first-order valence-corrected chi connectivity index (χ1v) is 10.7. The van der Waals surface area contributed by atoms with Crippen LogP contribution in [-0.2, 0) is 4.79 Å². The van der Waals surface area contributed by atoms with E-state index in [4.69, 9.17) is 4.74 Å². The van der Waals surface area contributed by atoms with E-state index in [1.54, 1.807) is 31.4 Å². The zero-order valence-electron chi connectivity index (χ0n) is 17.5. The number of methoxy groups -OCH3 is 1. The lowest BCUT2D eigenvalue weighted by Crippen LogP contribution is -2.53. The number of piperidine rings is 1. The molecule has 2 fully saturated rings. The van der Waals surface area contributed by atoms with Gasteiger partial charge in [0.2, 0.25) is 5.91 Å². The number of anilines is 1. The molecule has 0 saturated carbocycles. The first-order valence-electron chi connectivity index (χ1n) is 10.7. The first-order chi connectivity index (χ1) is 14.7. The van der Waals surface area contributed by atoms with Gasteiger partial charge in [-0.3, -0.25) is 9.59 Å². The average Bonchev–Trinajstić information content (AvgIpc) is 2.84. The highest BCUT2D eigenvalue weighted by Crippen LogP contribution is 2.23. The number of hydrogen-bond acceptors (Lipinski definition) is 4. The van der Waals surface area contributed by atoms with E-state index in [2.05, 4.69) is 17.0 Å². The van der Waals surface area contributed by atoms with Crippen molar-refractivity contribution in [2.75, 3.05) is 51.3 Å². The zero-order chi connectivity index (χ0) is 20.9. The summed E-state index contributed by atoms with van der Waals surface area (Å²) in [6.07, 6.45) is 1.71. The van der Waals surface area contributed by atoms with Crippen LogP contribution >= 0.6 is 0 Å². The third-order valence-electron chi connectivity index (χ3n) is 6.11. The fraction of sp³-hybridized carbons (Fsp3) is 0.417. The minimum atomic E-state index is -0.107. The summed E-state index contributed by atoms with van der Waals surface area (Å²) in [7, 11) is 1.61. The highest BCUT2D eigenvalue weighted by atomic mass is 16.5. The minimum Gasteiger partial charge on any atom is -0.497 e. The summed E-state index contributed by atoms with van der Waals surface area (Å²) >= 11 is 0. The normalized spacial score (nSPS) is 19.5. The third-order valence-corrected chi connectivity index (χ3v) is 6.11. The summed E-state index contributed by atoms with van der Waals surface area (Å²) in [5.74, 6) is 0.802. The van der Waals surface area contributed by atoms with Gasteiger partial charge in [0.15, 0.2) is 0 Å². The lowest BCUT2D eigenvalue weighted by Gasteiger charge is -2.39. The molecule has 0 bridgehead atoms. The Morgan fingerprint density at radius 2 is 1.57 bits per heavy atom. The number of carbonyl (C=O) groups excluding carboxylic acids is 2. The van der Waals surface area contributed by atoms with Gasteiger partial charge >= 0.3 is 0 Å². The van der Waals surface area contributed by atoms with Gasteiger partial charge in [-0.05, 0) is 49.2 Å². The molecule has 1 atom stereocenters. The summed E-state index contributed by atoms with van der Waals surface area (Å²) in [5.41, 5.74) is 1.85. The molecule has 2 amide bonds. The molecule has 2 aliphatic heterocycles. The van der Waals surface area contributed by atoms with E-state index in [-0.39, 0.29) is 17.7 Å². The Balaban J connectivity index is 1.34. The van der Waals surface area contributed by atoms with E-state index in [1.807, 2.05) is 28.0 Å². The lowest BCUT2D eigenvalue weighted by atomic mass is 9.95. The molecule has 0 N–H and O–H groups in total. The average molecular weight is 408 g/mol. The first kappa shape index (κ1) is 20.3. The van der Waals surface area contributed by atoms with Gasteiger partial charge in [0.25, 0.3) is 5.91 Å². The predicted molar refractivity (Wildman–Crippen MR) is 117 cm³/mol. The van der Waals surface area contributed by atoms with Crippen LogP contribution in [0.2, 0.25) is 0 Å². The van der Waals surface area contributed by atoms with E-state index < -0.39 is 0 Å². The van der Waals surface area contributed by atoms with Gasteiger partial charge in [-0.2, -0.15) is 0 Å². The molecule has 0 spiro atoms. The fourth-order valence-corrected chi connectivity index (χ4v) is 4.36. The maximum Gasteiger partial charge on any atom is 0.253 e. The van der Waals surface area contributed by atoms with Crippen molar-refractivity contribution in [1.82, 2.24) is 9.80 Å². The molecular formula is C24H29N3O3. The van der Waals surface area contributed by atoms with Crippen LogP contribution in [0.15, 0.2) is 54.6 Å². The summed E-state index contributed by atoms with van der Waals surface area (Å²) in [5, 5.41) is 0. The van der Waals surface area contributed by atoms with Gasteiger partial charge in [0, 0.05) is 50.5 Å². The summed E-state index contributed by atoms with van der Waals surface area (Å²) in [6, 6.07) is 17.5. The van der Waals surface area contributed by atoms with E-state index in [1.165, 1.54) is 5.69 Å². The molecule has 2 aromatic rings. The van der Waals surface area contributed by atoms with Crippen molar-refractivity contribution < 1.29 is 14.3 Å². The molecule has 0 aliphatic carbocycles. The van der Waals surface area contributed by atoms with Crippen LogP contribution in [0, 0.1) is 5.92 Å². The smallest absolute Gasteiger partial charge is 0.253 e. The number of benzene rings is 2. The number of ether oxygens (including phenoxy) is 1. The van der Waals surface area contributed by atoms with Gasteiger partial charge < -0.3 is 19.4 Å². The van der Waals surface area contributed by atoms with Gasteiger partial charge in [0.1, 0.15) is 5.75 Å². The van der Waals surface area contributed by atoms with Crippen molar-refractivity contribution in [2.45, 2.75) is 12.8 Å². The molecule has 2 aliphatic rings. The van der Waals surface area contributed by atoms with E-state index in [0.29, 0.717) is 18.7 Å². The predicted octanol–water partition coefficient (Wildman–Crippen LogP) is 2.90. The summed E-state index contributed by atoms with van der Waals surface area (Å²) < 4.78 is 5.17. The Kier molecular flexibility index (Phi) is 6.21. The van der Waals surface area contributed by atoms with Crippen molar-refractivity contribution in [1.29, 1.82) is 0 Å². The molecule has 2 heterocycles. The second kappa shape index (κ2) is 9.20. The number of para-hydroxylation sites is 1. The zero-order valence-corrected chi connectivity index (χ0v) is 17.5.